The number of likely N-dealkylation sites (tertiary alicyclic amines) is 2. The molecule has 0 unspecified atom stereocenters. The topological polar surface area (TPSA) is 36.4 Å². The first-order valence-electron chi connectivity index (χ1n) is 9.48. The molecule has 0 N–H and O–H groups in total. The van der Waals surface area contributed by atoms with E-state index in [2.05, 4.69) is 47.3 Å². The third kappa shape index (κ3) is 3.08. The number of rotatable bonds is 2. The van der Waals surface area contributed by atoms with Gasteiger partial charge >= 0.3 is 0 Å². The molecule has 2 aromatic rings. The van der Waals surface area contributed by atoms with Gasteiger partial charge in [0, 0.05) is 25.2 Å². The van der Waals surface area contributed by atoms with E-state index in [0.717, 1.165) is 48.1 Å². The van der Waals surface area contributed by atoms with Crippen LogP contribution in [0.2, 0.25) is 0 Å². The Hall–Kier alpha value is -1.72. The van der Waals surface area contributed by atoms with Crippen LogP contribution >= 0.6 is 11.3 Å². The highest BCUT2D eigenvalue weighted by Gasteiger charge is 2.46. The molecule has 0 bridgehead atoms. The van der Waals surface area contributed by atoms with Crippen LogP contribution in [0.4, 0.5) is 0 Å². The fourth-order valence-corrected chi connectivity index (χ4v) is 5.62. The van der Waals surface area contributed by atoms with Crippen molar-refractivity contribution < 1.29 is 4.79 Å². The van der Waals surface area contributed by atoms with Gasteiger partial charge in [-0.3, -0.25) is 9.69 Å². The molecule has 0 aliphatic carbocycles. The zero-order valence-corrected chi connectivity index (χ0v) is 16.7. The highest BCUT2D eigenvalue weighted by Crippen LogP contribution is 2.44. The molecule has 1 amide bonds. The lowest BCUT2D eigenvalue weighted by Crippen LogP contribution is -2.51. The molecule has 1 atom stereocenters. The maximum Gasteiger partial charge on any atom is 0.265 e. The standard InChI is InChI=1S/C21H27N3OS/c1-15-19(26-16(2)22-15)20(25)24-11-9-21(10-12-24)13-18(14-23(21)3)17-7-5-4-6-8-17/h4-8,18H,9-14H2,1-3H3/t18-/m1/s1. The number of hydrogen-bond acceptors (Lipinski definition) is 4. The minimum atomic E-state index is 0.170. The smallest absolute Gasteiger partial charge is 0.265 e. The lowest BCUT2D eigenvalue weighted by Gasteiger charge is -2.43. The van der Waals surface area contributed by atoms with E-state index in [4.69, 9.17) is 0 Å². The Bertz CT molecular complexity index is 793. The van der Waals surface area contributed by atoms with E-state index in [1.165, 1.54) is 23.3 Å². The molecule has 3 heterocycles. The summed E-state index contributed by atoms with van der Waals surface area (Å²) in [6.45, 7) is 6.72. The van der Waals surface area contributed by atoms with Crippen molar-refractivity contribution >= 4 is 17.2 Å². The number of benzene rings is 1. The van der Waals surface area contributed by atoms with Crippen molar-refractivity contribution in [1.82, 2.24) is 14.8 Å². The first-order valence-corrected chi connectivity index (χ1v) is 10.3. The van der Waals surface area contributed by atoms with Gasteiger partial charge in [0.2, 0.25) is 0 Å². The van der Waals surface area contributed by atoms with E-state index < -0.39 is 0 Å². The zero-order valence-electron chi connectivity index (χ0n) is 15.9. The Kier molecular flexibility index (Phi) is 4.61. The van der Waals surface area contributed by atoms with Crippen LogP contribution in [0.15, 0.2) is 30.3 Å². The molecule has 0 saturated carbocycles. The number of hydrogen-bond donors (Lipinski definition) is 0. The van der Waals surface area contributed by atoms with Gasteiger partial charge in [-0.05, 0) is 51.6 Å². The number of thiazole rings is 1. The lowest BCUT2D eigenvalue weighted by atomic mass is 9.81. The Labute approximate surface area is 159 Å². The van der Waals surface area contributed by atoms with Crippen LogP contribution in [0.1, 0.15) is 51.1 Å². The summed E-state index contributed by atoms with van der Waals surface area (Å²) in [5, 5.41) is 0.973. The van der Waals surface area contributed by atoms with Crippen molar-refractivity contribution in [2.45, 2.75) is 44.6 Å². The minimum absolute atomic E-state index is 0.170. The number of aryl methyl sites for hydroxylation is 2. The van der Waals surface area contributed by atoms with Crippen LogP contribution in [0, 0.1) is 13.8 Å². The van der Waals surface area contributed by atoms with Crippen molar-refractivity contribution in [3.8, 4) is 0 Å². The van der Waals surface area contributed by atoms with Crippen molar-refractivity contribution in [3.05, 3.63) is 51.5 Å². The van der Waals surface area contributed by atoms with Gasteiger partial charge in [0.05, 0.1) is 10.7 Å². The van der Waals surface area contributed by atoms with Crippen LogP contribution in [0.3, 0.4) is 0 Å². The molecule has 4 rings (SSSR count). The molecule has 138 valence electrons. The molecule has 4 nitrogen and oxygen atoms in total. The summed E-state index contributed by atoms with van der Waals surface area (Å²) in [4.78, 5) is 22.7. The molecule has 26 heavy (non-hydrogen) atoms. The summed E-state index contributed by atoms with van der Waals surface area (Å²) in [5.74, 6) is 0.776. The van der Waals surface area contributed by atoms with E-state index in [1.54, 1.807) is 0 Å². The predicted octanol–water partition coefficient (Wildman–Crippen LogP) is 3.85. The van der Waals surface area contributed by atoms with Gasteiger partial charge in [-0.1, -0.05) is 30.3 Å². The summed E-state index contributed by atoms with van der Waals surface area (Å²) in [5.41, 5.74) is 2.57. The molecule has 1 aromatic carbocycles. The van der Waals surface area contributed by atoms with Gasteiger partial charge in [-0.25, -0.2) is 4.98 Å². The Morgan fingerprint density at radius 2 is 1.88 bits per heavy atom. The molecular weight excluding hydrogens is 342 g/mol. The summed E-state index contributed by atoms with van der Waals surface area (Å²) >= 11 is 1.53. The molecule has 1 aromatic heterocycles. The second-order valence-electron chi connectivity index (χ2n) is 7.86. The zero-order chi connectivity index (χ0) is 18.3. The number of piperidine rings is 1. The Balaban J connectivity index is 1.44. The van der Waals surface area contributed by atoms with Gasteiger partial charge in [0.1, 0.15) is 4.88 Å². The summed E-state index contributed by atoms with van der Waals surface area (Å²) in [6.07, 6.45) is 3.33. The molecule has 2 aliphatic rings. The Morgan fingerprint density at radius 3 is 2.50 bits per heavy atom. The summed E-state index contributed by atoms with van der Waals surface area (Å²) in [6, 6.07) is 10.9. The average Bonchev–Trinajstić information content (AvgIpc) is 3.15. The second kappa shape index (κ2) is 6.78. The molecule has 1 spiro atoms. The van der Waals surface area contributed by atoms with Crippen molar-refractivity contribution in [3.63, 3.8) is 0 Å². The third-order valence-electron chi connectivity index (χ3n) is 6.28. The summed E-state index contributed by atoms with van der Waals surface area (Å²) < 4.78 is 0. The van der Waals surface area contributed by atoms with Crippen molar-refractivity contribution in [1.29, 1.82) is 0 Å². The molecular formula is C21H27N3OS. The first kappa shape index (κ1) is 17.7. The fraction of sp³-hybridized carbons (Fsp3) is 0.524. The van der Waals surface area contributed by atoms with E-state index in [9.17, 15) is 4.79 Å². The SMILES string of the molecule is Cc1nc(C)c(C(=O)N2CCC3(CC2)C[C@@H](c2ccccc2)CN3C)s1. The van der Waals surface area contributed by atoms with E-state index in [-0.39, 0.29) is 11.4 Å². The maximum atomic E-state index is 12.9. The second-order valence-corrected chi connectivity index (χ2v) is 9.06. The van der Waals surface area contributed by atoms with Crippen molar-refractivity contribution in [2.24, 2.45) is 0 Å². The number of aromatic nitrogens is 1. The third-order valence-corrected chi connectivity index (χ3v) is 7.34. The number of carbonyl (C=O) groups excluding carboxylic acids is 1. The minimum Gasteiger partial charge on any atom is -0.338 e. The molecule has 2 saturated heterocycles. The van der Waals surface area contributed by atoms with Crippen LogP contribution in [-0.4, -0.2) is 52.9 Å². The summed E-state index contributed by atoms with van der Waals surface area (Å²) in [7, 11) is 2.26. The fourth-order valence-electron chi connectivity index (χ4n) is 4.74. The normalized spacial score (nSPS) is 22.9. The highest BCUT2D eigenvalue weighted by molar-refractivity contribution is 7.13. The quantitative estimate of drug-likeness (QED) is 0.807. The lowest BCUT2D eigenvalue weighted by molar-refractivity contribution is 0.0495. The number of carbonyl (C=O) groups is 1. The van der Waals surface area contributed by atoms with E-state index in [0.29, 0.717) is 5.92 Å². The van der Waals surface area contributed by atoms with Gasteiger partial charge in [0.15, 0.2) is 0 Å². The van der Waals surface area contributed by atoms with Crippen LogP contribution in [-0.2, 0) is 0 Å². The number of amides is 1. The van der Waals surface area contributed by atoms with Crippen LogP contribution < -0.4 is 0 Å². The van der Waals surface area contributed by atoms with Gasteiger partial charge in [-0.15, -0.1) is 11.3 Å². The van der Waals surface area contributed by atoms with Gasteiger partial charge < -0.3 is 4.90 Å². The van der Waals surface area contributed by atoms with Crippen molar-refractivity contribution in [2.75, 3.05) is 26.7 Å². The van der Waals surface area contributed by atoms with E-state index in [1.807, 2.05) is 18.7 Å². The van der Waals surface area contributed by atoms with Crippen LogP contribution in [0.5, 0.6) is 0 Å². The van der Waals surface area contributed by atoms with Gasteiger partial charge in [-0.2, -0.15) is 0 Å². The monoisotopic (exact) mass is 369 g/mol. The highest BCUT2D eigenvalue weighted by atomic mass is 32.1. The predicted molar refractivity (Wildman–Crippen MR) is 106 cm³/mol. The van der Waals surface area contributed by atoms with Crippen LogP contribution in [0.25, 0.3) is 0 Å². The van der Waals surface area contributed by atoms with E-state index >= 15 is 0 Å². The van der Waals surface area contributed by atoms with Gasteiger partial charge in [0.25, 0.3) is 5.91 Å². The largest absolute Gasteiger partial charge is 0.338 e. The average molecular weight is 370 g/mol. The molecule has 0 radical (unpaired) electrons. The number of likely N-dealkylation sites (N-methyl/N-ethyl adjacent to an activating group) is 1. The Morgan fingerprint density at radius 1 is 1.19 bits per heavy atom. The maximum absolute atomic E-state index is 12.9. The molecule has 2 aliphatic heterocycles. The molecule has 2 fully saturated rings. The first-order chi connectivity index (χ1) is 12.5. The number of nitrogens with zero attached hydrogens (tertiary/aromatic N) is 3. The molecule has 5 heteroatoms.